The highest BCUT2D eigenvalue weighted by molar-refractivity contribution is 5.68. The lowest BCUT2D eigenvalue weighted by atomic mass is 10.5. The molecule has 0 aromatic carbocycles. The van der Waals surface area contributed by atoms with E-state index in [-0.39, 0.29) is 17.1 Å². The number of hydrogen-bond donors (Lipinski definition) is 3. The number of H-pyrrole nitrogens is 2. The van der Waals surface area contributed by atoms with E-state index in [0.717, 1.165) is 4.57 Å². The number of anilines is 1. The topological polar surface area (TPSA) is 127 Å². The Balaban J connectivity index is 3.14. The van der Waals surface area contributed by atoms with E-state index in [1.165, 1.54) is 7.05 Å². The van der Waals surface area contributed by atoms with Crippen LogP contribution >= 0.6 is 0 Å². The monoisotopic (exact) mass is 209 g/mol. The van der Waals surface area contributed by atoms with Crippen LogP contribution in [0.3, 0.4) is 0 Å². The van der Waals surface area contributed by atoms with Gasteiger partial charge in [0.05, 0.1) is 0 Å². The van der Waals surface area contributed by atoms with E-state index in [2.05, 4.69) is 15.0 Å². The molecule has 2 aromatic rings. The van der Waals surface area contributed by atoms with Crippen molar-refractivity contribution < 1.29 is 0 Å². The van der Waals surface area contributed by atoms with Crippen molar-refractivity contribution >= 4 is 17.1 Å². The predicted octanol–water partition coefficient (Wildman–Crippen LogP) is -2.11. The average Bonchev–Trinajstić information content (AvgIpc) is 2.19. The summed E-state index contributed by atoms with van der Waals surface area (Å²) in [5.74, 6) is -0.0461. The van der Waals surface area contributed by atoms with Crippen LogP contribution in [0.2, 0.25) is 0 Å². The van der Waals surface area contributed by atoms with Crippen LogP contribution in [0.5, 0.6) is 0 Å². The van der Waals surface area contributed by atoms with Crippen molar-refractivity contribution in [3.8, 4) is 0 Å². The number of hydrogen-bond acceptors (Lipinski definition) is 5. The van der Waals surface area contributed by atoms with Gasteiger partial charge in [-0.2, -0.15) is 4.98 Å². The standard InChI is InChI=1S/C7H7N5O3/c1-12-6(15)2-3(11-7(12)8)10-5(14)4(13)9-2/h1H3,(H,9,13)(H3,8,10,11,14). The highest BCUT2D eigenvalue weighted by atomic mass is 16.2. The summed E-state index contributed by atoms with van der Waals surface area (Å²) in [5.41, 5.74) is 3.02. The molecule has 8 heteroatoms. The fraction of sp³-hybridized carbons (Fsp3) is 0.143. The number of nitrogen functional groups attached to an aromatic ring is 1. The minimum absolute atomic E-state index is 0.0276. The summed E-state index contributed by atoms with van der Waals surface area (Å²) >= 11 is 0. The molecule has 4 N–H and O–H groups in total. The molecule has 0 aliphatic rings. The van der Waals surface area contributed by atoms with Gasteiger partial charge in [-0.25, -0.2) is 0 Å². The molecule has 0 amide bonds. The number of nitrogens with zero attached hydrogens (tertiary/aromatic N) is 2. The van der Waals surface area contributed by atoms with E-state index in [1.54, 1.807) is 0 Å². The summed E-state index contributed by atoms with van der Waals surface area (Å²) in [6.07, 6.45) is 0. The second-order valence-electron chi connectivity index (χ2n) is 2.97. The first-order chi connectivity index (χ1) is 7.00. The molecule has 0 radical (unpaired) electrons. The zero-order chi connectivity index (χ0) is 11.2. The van der Waals surface area contributed by atoms with Gasteiger partial charge in [0.1, 0.15) is 0 Å². The van der Waals surface area contributed by atoms with Crippen LogP contribution in [0.15, 0.2) is 14.4 Å². The van der Waals surface area contributed by atoms with Gasteiger partial charge >= 0.3 is 11.1 Å². The van der Waals surface area contributed by atoms with Crippen LogP contribution in [0, 0.1) is 0 Å². The van der Waals surface area contributed by atoms with Crippen LogP contribution in [0.1, 0.15) is 0 Å². The van der Waals surface area contributed by atoms with Gasteiger partial charge in [0.15, 0.2) is 11.2 Å². The van der Waals surface area contributed by atoms with Crippen LogP contribution in [-0.4, -0.2) is 19.5 Å². The van der Waals surface area contributed by atoms with Crippen LogP contribution in [0.4, 0.5) is 5.95 Å². The van der Waals surface area contributed by atoms with Gasteiger partial charge < -0.3 is 15.7 Å². The lowest BCUT2D eigenvalue weighted by molar-refractivity contribution is 0.849. The molecule has 0 saturated heterocycles. The molecule has 78 valence electrons. The third-order valence-electron chi connectivity index (χ3n) is 2.00. The van der Waals surface area contributed by atoms with Crippen molar-refractivity contribution in [1.29, 1.82) is 0 Å². The van der Waals surface area contributed by atoms with Gasteiger partial charge in [-0.1, -0.05) is 0 Å². The van der Waals surface area contributed by atoms with Gasteiger partial charge in [0.2, 0.25) is 5.95 Å². The average molecular weight is 209 g/mol. The highest BCUT2D eigenvalue weighted by Crippen LogP contribution is 1.98. The normalized spacial score (nSPS) is 10.7. The first-order valence-electron chi connectivity index (χ1n) is 3.99. The molecule has 0 aliphatic carbocycles. The summed E-state index contributed by atoms with van der Waals surface area (Å²) in [7, 11) is 1.41. The molecule has 8 nitrogen and oxygen atoms in total. The Morgan fingerprint density at radius 2 is 1.80 bits per heavy atom. The Labute approximate surface area is 81.4 Å². The number of aromatic amines is 2. The second kappa shape index (κ2) is 2.80. The quantitative estimate of drug-likeness (QED) is 0.428. The fourth-order valence-electron chi connectivity index (χ4n) is 1.16. The molecular weight excluding hydrogens is 202 g/mol. The highest BCUT2D eigenvalue weighted by Gasteiger charge is 2.08. The molecule has 15 heavy (non-hydrogen) atoms. The van der Waals surface area contributed by atoms with E-state index in [4.69, 9.17) is 5.73 Å². The maximum absolute atomic E-state index is 11.6. The van der Waals surface area contributed by atoms with Gasteiger partial charge in [0, 0.05) is 7.05 Å². The fourth-order valence-corrected chi connectivity index (χ4v) is 1.16. The Bertz CT molecular complexity index is 707. The predicted molar refractivity (Wildman–Crippen MR) is 52.6 cm³/mol. The summed E-state index contributed by atoms with van der Waals surface area (Å²) in [6, 6.07) is 0. The van der Waals surface area contributed by atoms with Crippen molar-refractivity contribution in [1.82, 2.24) is 19.5 Å². The Hall–Kier alpha value is -2.38. The summed E-state index contributed by atoms with van der Waals surface area (Å²) in [4.78, 5) is 41.5. The lowest BCUT2D eigenvalue weighted by Gasteiger charge is -2.02. The molecule has 0 aliphatic heterocycles. The first kappa shape index (κ1) is 9.19. The Morgan fingerprint density at radius 3 is 2.47 bits per heavy atom. The third kappa shape index (κ3) is 1.23. The zero-order valence-corrected chi connectivity index (χ0v) is 7.70. The minimum atomic E-state index is -0.897. The Kier molecular flexibility index (Phi) is 1.72. The van der Waals surface area contributed by atoms with Gasteiger partial charge in [-0.3, -0.25) is 19.0 Å². The molecule has 2 rings (SSSR count). The van der Waals surface area contributed by atoms with E-state index in [1.807, 2.05) is 0 Å². The van der Waals surface area contributed by atoms with Crippen molar-refractivity contribution in [3.63, 3.8) is 0 Å². The van der Waals surface area contributed by atoms with E-state index >= 15 is 0 Å². The summed E-state index contributed by atoms with van der Waals surface area (Å²) in [6.45, 7) is 0. The van der Waals surface area contributed by atoms with Crippen molar-refractivity contribution in [2.24, 2.45) is 7.05 Å². The molecule has 0 spiro atoms. The number of rotatable bonds is 0. The van der Waals surface area contributed by atoms with Gasteiger partial charge in [-0.05, 0) is 0 Å². The molecule has 2 aromatic heterocycles. The van der Waals surface area contributed by atoms with Crippen molar-refractivity contribution in [3.05, 3.63) is 31.1 Å². The van der Waals surface area contributed by atoms with E-state index < -0.39 is 16.7 Å². The lowest BCUT2D eigenvalue weighted by Crippen LogP contribution is -2.33. The molecule has 0 fully saturated rings. The Morgan fingerprint density at radius 1 is 1.20 bits per heavy atom. The molecular formula is C7H7N5O3. The number of fused-ring (bicyclic) bond motifs is 1. The van der Waals surface area contributed by atoms with Crippen LogP contribution < -0.4 is 22.4 Å². The largest absolute Gasteiger partial charge is 0.369 e. The maximum Gasteiger partial charge on any atom is 0.315 e. The molecule has 0 saturated carbocycles. The summed E-state index contributed by atoms with van der Waals surface area (Å²) < 4.78 is 1.07. The van der Waals surface area contributed by atoms with E-state index in [9.17, 15) is 14.4 Å². The maximum atomic E-state index is 11.6. The smallest absolute Gasteiger partial charge is 0.315 e. The summed E-state index contributed by atoms with van der Waals surface area (Å²) in [5, 5.41) is 0. The number of aromatic nitrogens is 4. The van der Waals surface area contributed by atoms with Gasteiger partial charge in [0.25, 0.3) is 5.56 Å². The van der Waals surface area contributed by atoms with E-state index in [0.29, 0.717) is 0 Å². The van der Waals surface area contributed by atoms with Gasteiger partial charge in [-0.15, -0.1) is 0 Å². The molecule has 2 heterocycles. The van der Waals surface area contributed by atoms with Crippen molar-refractivity contribution in [2.45, 2.75) is 0 Å². The number of nitrogens with two attached hydrogens (primary N) is 1. The van der Waals surface area contributed by atoms with Crippen LogP contribution in [0.25, 0.3) is 11.2 Å². The molecule has 0 unspecified atom stereocenters. The minimum Gasteiger partial charge on any atom is -0.369 e. The molecule has 0 bridgehead atoms. The SMILES string of the molecule is Cn1c(N)nc2[nH]c(=O)c(=O)[nH]c2c1=O. The first-order valence-corrected chi connectivity index (χ1v) is 3.99. The van der Waals surface area contributed by atoms with Crippen molar-refractivity contribution in [2.75, 3.05) is 5.73 Å². The van der Waals surface area contributed by atoms with Crippen LogP contribution in [-0.2, 0) is 7.05 Å². The second-order valence-corrected chi connectivity index (χ2v) is 2.97. The molecule has 0 atom stereocenters. The number of nitrogens with one attached hydrogen (secondary N) is 2. The zero-order valence-electron chi connectivity index (χ0n) is 7.70. The third-order valence-corrected chi connectivity index (χ3v) is 2.00.